The van der Waals surface area contributed by atoms with E-state index in [1.165, 1.54) is 20.8 Å². The standard InChI is InChI=1S/C59H96O26/c1-22-33(64)36(67)40(71)49(77-22)82-45-29(62)20-76-48(43(45)74)81-44-25(4)80-50(42(73)39(44)70)83-46-38(69)35(66)24(3)79-52(46)85-53(75)59-16-15-54(5,6)17-27(59)26-11-12-31-55(7)18-28(61)47(84-51-41(72)37(68)34(65)23(2)78-51)56(8,21-60)30(55)13-14-57(31,9)58(26,10)19-32(59)63/h11,22-25,27-52,60-74H,12-21H2,1-10H3/t22-,23-,24+,25-,27-,28-,29+,30?,31?,32+,33-,34-,35-,36+,37+,38-,39-,40+,41+,42+,43+,44-,45-,46+,47-,48-,49-,50-,51-,52-,55-,56-,57+,58+,59+/m0/s1. The van der Waals surface area contributed by atoms with Gasteiger partial charge in [0.1, 0.15) is 90.9 Å². The van der Waals surface area contributed by atoms with E-state index in [2.05, 4.69) is 40.7 Å². The molecule has 4 saturated carbocycles. The minimum absolute atomic E-state index is 0.113. The molecule has 0 spiro atoms. The second kappa shape index (κ2) is 23.7. The van der Waals surface area contributed by atoms with Crippen molar-refractivity contribution in [3.63, 3.8) is 0 Å². The quantitative estimate of drug-likeness (QED) is 0.0575. The Labute approximate surface area is 494 Å². The summed E-state index contributed by atoms with van der Waals surface area (Å²) in [5, 5.41) is 168. The van der Waals surface area contributed by atoms with Crippen LogP contribution in [0.5, 0.6) is 0 Å². The molecule has 488 valence electrons. The highest BCUT2D eigenvalue weighted by Crippen LogP contribution is 2.76. The van der Waals surface area contributed by atoms with Crippen molar-refractivity contribution in [3.8, 4) is 0 Å². The van der Waals surface area contributed by atoms with Gasteiger partial charge in [0.05, 0.1) is 55.9 Å². The van der Waals surface area contributed by atoms with E-state index >= 15 is 4.79 Å². The molecule has 15 N–H and O–H groups in total. The summed E-state index contributed by atoms with van der Waals surface area (Å²) in [7, 11) is 0. The van der Waals surface area contributed by atoms with Crippen LogP contribution in [-0.4, -0.2) is 262 Å². The number of aliphatic hydroxyl groups is 15. The molecule has 10 rings (SSSR count). The van der Waals surface area contributed by atoms with E-state index < -0.39 is 211 Å². The molecule has 5 heterocycles. The average Bonchev–Trinajstić information content (AvgIpc) is 0.676. The Hall–Kier alpha value is -1.75. The molecular formula is C59H96O26. The van der Waals surface area contributed by atoms with Crippen molar-refractivity contribution in [2.75, 3.05) is 13.2 Å². The molecule has 85 heavy (non-hydrogen) atoms. The van der Waals surface area contributed by atoms with Gasteiger partial charge in [-0.2, -0.15) is 0 Å². The van der Waals surface area contributed by atoms with Crippen LogP contribution in [0, 0.1) is 50.2 Å². The first-order chi connectivity index (χ1) is 39.6. The van der Waals surface area contributed by atoms with Crippen molar-refractivity contribution in [1.82, 2.24) is 0 Å². The smallest absolute Gasteiger partial charge is 0.317 e. The molecule has 5 saturated heterocycles. The predicted octanol–water partition coefficient (Wildman–Crippen LogP) is -2.55. The van der Waals surface area contributed by atoms with Crippen LogP contribution in [0.1, 0.15) is 121 Å². The Balaban J connectivity index is 0.865. The number of hydrogen-bond acceptors (Lipinski definition) is 26. The van der Waals surface area contributed by atoms with Crippen LogP contribution < -0.4 is 0 Å². The number of ether oxygens (including phenoxy) is 10. The molecule has 10 aliphatic rings. The summed E-state index contributed by atoms with van der Waals surface area (Å²) in [5.41, 5.74) is -3.80. The number of rotatable bonds is 11. The SMILES string of the molecule is C[C@@H]1O[C@@H](O[C@@H]2[C@@H](O)[C@H](O[C@@H]3[C@@H](O)[C@@H](O)[C@H](O[C@H]4[C@H](OC(=O)[C@]56CCC(C)(C)C[C@H]5C5=CCC7[C@@]8(C)C[C@H](O)[C@H](O[C@@H]9O[C@@H](C)[C@H](O)[C@@H](O)[C@H]9O)[C@@](C)(CO)C8CC[C@@]7(C)[C@]5(C)C[C@H]6O)O[C@H](C)[C@H](O)[C@@H]4O)O[C@H]3C)OC[C@H]2O)[C@H](O)[C@H](O)[C@H]1O. The van der Waals surface area contributed by atoms with E-state index in [-0.39, 0.29) is 43.1 Å². The molecule has 35 atom stereocenters. The van der Waals surface area contributed by atoms with Gasteiger partial charge in [-0.05, 0) is 118 Å². The third kappa shape index (κ3) is 10.7. The second-order valence-corrected chi connectivity index (χ2v) is 28.7. The van der Waals surface area contributed by atoms with Crippen molar-refractivity contribution in [2.45, 2.75) is 286 Å². The van der Waals surface area contributed by atoms with Gasteiger partial charge in [-0.25, -0.2) is 0 Å². The summed E-state index contributed by atoms with van der Waals surface area (Å²) in [4.78, 5) is 15.5. The third-order valence-electron chi connectivity index (χ3n) is 23.1. The minimum Gasteiger partial charge on any atom is -0.432 e. The van der Waals surface area contributed by atoms with Crippen molar-refractivity contribution < 1.29 is 129 Å². The largest absolute Gasteiger partial charge is 0.432 e. The normalized spacial score (nSPS) is 57.0. The van der Waals surface area contributed by atoms with Crippen LogP contribution in [0.25, 0.3) is 0 Å². The zero-order valence-electron chi connectivity index (χ0n) is 50.2. The van der Waals surface area contributed by atoms with E-state index in [1.807, 2.05) is 6.92 Å². The Kier molecular flexibility index (Phi) is 18.5. The van der Waals surface area contributed by atoms with Gasteiger partial charge in [0.25, 0.3) is 0 Å². The highest BCUT2D eigenvalue weighted by Gasteiger charge is 2.73. The molecular weight excluding hydrogens is 1120 g/mol. The van der Waals surface area contributed by atoms with Crippen molar-refractivity contribution >= 4 is 5.97 Å². The van der Waals surface area contributed by atoms with Gasteiger partial charge in [0.2, 0.25) is 6.29 Å². The maximum absolute atomic E-state index is 15.5. The molecule has 0 bridgehead atoms. The van der Waals surface area contributed by atoms with Crippen LogP contribution in [0.15, 0.2) is 11.6 Å². The van der Waals surface area contributed by atoms with Gasteiger partial charge in [0.15, 0.2) is 31.3 Å². The fourth-order valence-corrected chi connectivity index (χ4v) is 17.8. The Bertz CT molecular complexity index is 2400. The fraction of sp³-hybridized carbons (Fsp3) is 0.949. The molecule has 5 aliphatic carbocycles. The predicted molar refractivity (Wildman–Crippen MR) is 288 cm³/mol. The van der Waals surface area contributed by atoms with Gasteiger partial charge in [-0.3, -0.25) is 4.79 Å². The van der Waals surface area contributed by atoms with E-state index in [0.717, 1.165) is 5.57 Å². The maximum Gasteiger partial charge on any atom is 0.317 e. The van der Waals surface area contributed by atoms with Gasteiger partial charge in [-0.1, -0.05) is 53.2 Å². The number of esters is 1. The molecule has 0 amide bonds. The van der Waals surface area contributed by atoms with Crippen molar-refractivity contribution in [2.24, 2.45) is 50.2 Å². The number of aliphatic hydroxyl groups excluding tert-OH is 15. The van der Waals surface area contributed by atoms with Gasteiger partial charge in [-0.15, -0.1) is 0 Å². The lowest BCUT2D eigenvalue weighted by atomic mass is 9.33. The molecule has 9 fully saturated rings. The number of fused-ring (bicyclic) bond motifs is 7. The van der Waals surface area contributed by atoms with Gasteiger partial charge >= 0.3 is 5.97 Å². The van der Waals surface area contributed by atoms with E-state index in [0.29, 0.717) is 32.1 Å². The zero-order valence-corrected chi connectivity index (χ0v) is 50.2. The Morgan fingerprint density at radius 3 is 1.65 bits per heavy atom. The molecule has 0 aromatic rings. The Morgan fingerprint density at radius 1 is 0.529 bits per heavy atom. The first-order valence-electron chi connectivity index (χ1n) is 30.5. The molecule has 0 radical (unpaired) electrons. The average molecular weight is 1220 g/mol. The highest BCUT2D eigenvalue weighted by molar-refractivity contribution is 5.80. The van der Waals surface area contributed by atoms with E-state index in [1.54, 1.807) is 6.92 Å². The minimum atomic E-state index is -1.98. The zero-order chi connectivity index (χ0) is 62.3. The van der Waals surface area contributed by atoms with Crippen LogP contribution >= 0.6 is 0 Å². The summed E-state index contributed by atoms with van der Waals surface area (Å²) < 4.78 is 59.6. The van der Waals surface area contributed by atoms with Crippen LogP contribution in [0.3, 0.4) is 0 Å². The monoisotopic (exact) mass is 1220 g/mol. The number of hydrogen-bond donors (Lipinski definition) is 15. The number of allylic oxidation sites excluding steroid dienone is 2. The summed E-state index contributed by atoms with van der Waals surface area (Å²) in [5.74, 6) is -1.74. The summed E-state index contributed by atoms with van der Waals surface area (Å²) in [6.45, 7) is 17.6. The van der Waals surface area contributed by atoms with Crippen LogP contribution in [-0.2, 0) is 52.2 Å². The lowest BCUT2D eigenvalue weighted by molar-refractivity contribution is -0.380. The van der Waals surface area contributed by atoms with Crippen LogP contribution in [0.4, 0.5) is 0 Å². The number of carbonyl (C=O) groups is 1. The molecule has 0 aromatic heterocycles. The number of carbonyl (C=O) groups excluding carboxylic acids is 1. The maximum atomic E-state index is 15.5. The topological polar surface area (TPSA) is 413 Å². The lowest BCUT2D eigenvalue weighted by Gasteiger charge is -2.72. The van der Waals surface area contributed by atoms with E-state index in [4.69, 9.17) is 47.4 Å². The first kappa shape index (κ1) is 66.2. The summed E-state index contributed by atoms with van der Waals surface area (Å²) in [6, 6.07) is 0. The fourth-order valence-electron chi connectivity index (χ4n) is 17.8. The molecule has 0 aromatic carbocycles. The first-order valence-corrected chi connectivity index (χ1v) is 30.5. The van der Waals surface area contributed by atoms with Gasteiger partial charge < -0.3 is 124 Å². The summed E-state index contributed by atoms with van der Waals surface area (Å²) in [6.07, 6.45) is -35.2. The Morgan fingerprint density at radius 2 is 1.05 bits per heavy atom. The van der Waals surface area contributed by atoms with Gasteiger partial charge in [0, 0.05) is 5.41 Å². The highest BCUT2D eigenvalue weighted by atomic mass is 16.8. The summed E-state index contributed by atoms with van der Waals surface area (Å²) >= 11 is 0. The van der Waals surface area contributed by atoms with Crippen molar-refractivity contribution in [3.05, 3.63) is 11.6 Å². The van der Waals surface area contributed by atoms with Crippen molar-refractivity contribution in [1.29, 1.82) is 0 Å². The molecule has 26 nitrogen and oxygen atoms in total. The molecule has 2 unspecified atom stereocenters. The molecule has 5 aliphatic heterocycles. The molecule has 26 heteroatoms. The third-order valence-corrected chi connectivity index (χ3v) is 23.1. The van der Waals surface area contributed by atoms with E-state index in [9.17, 15) is 76.6 Å². The second-order valence-electron chi connectivity index (χ2n) is 28.7. The van der Waals surface area contributed by atoms with Crippen LogP contribution in [0.2, 0.25) is 0 Å². The lowest BCUT2D eigenvalue weighted by Crippen LogP contribution is -2.70.